The maximum absolute atomic E-state index is 9.34. The van der Waals surface area contributed by atoms with Gasteiger partial charge < -0.3 is 5.11 Å². The number of hydrogen-bond donors (Lipinski definition) is 1. The highest BCUT2D eigenvalue weighted by molar-refractivity contribution is 6.76. The SMILES string of the molecule is C=C(C[Si](C)(C)C)C1=CC(O)CC1. The van der Waals surface area contributed by atoms with Gasteiger partial charge in [-0.1, -0.05) is 37.9 Å². The summed E-state index contributed by atoms with van der Waals surface area (Å²) in [5.74, 6) is 0. The molecule has 0 heterocycles. The predicted octanol–water partition coefficient (Wildman–Crippen LogP) is 2.96. The van der Waals surface area contributed by atoms with Gasteiger partial charge in [0.05, 0.1) is 6.10 Å². The summed E-state index contributed by atoms with van der Waals surface area (Å²) < 4.78 is 0. The topological polar surface area (TPSA) is 20.2 Å². The Bertz CT molecular complexity index is 235. The van der Waals surface area contributed by atoms with E-state index in [-0.39, 0.29) is 6.10 Å². The first-order chi connectivity index (χ1) is 5.88. The molecule has 1 nitrogen and oxygen atoms in total. The van der Waals surface area contributed by atoms with Gasteiger partial charge in [0.15, 0.2) is 0 Å². The number of aliphatic hydroxyl groups excluding tert-OH is 1. The highest BCUT2D eigenvalue weighted by atomic mass is 28.3. The van der Waals surface area contributed by atoms with E-state index in [0.29, 0.717) is 0 Å². The zero-order chi connectivity index (χ0) is 10.1. The molecule has 0 aliphatic heterocycles. The second-order valence-corrected chi connectivity index (χ2v) is 10.6. The van der Waals surface area contributed by atoms with Crippen LogP contribution in [-0.4, -0.2) is 19.3 Å². The van der Waals surface area contributed by atoms with Crippen LogP contribution < -0.4 is 0 Å². The van der Waals surface area contributed by atoms with Gasteiger partial charge in [-0.3, -0.25) is 0 Å². The van der Waals surface area contributed by atoms with Crippen LogP contribution in [0.1, 0.15) is 12.8 Å². The summed E-state index contributed by atoms with van der Waals surface area (Å²) in [6, 6.07) is 1.16. The fourth-order valence-corrected chi connectivity index (χ4v) is 3.26. The van der Waals surface area contributed by atoms with Crippen LogP contribution in [0, 0.1) is 0 Å². The van der Waals surface area contributed by atoms with Crippen molar-refractivity contribution in [2.24, 2.45) is 0 Å². The van der Waals surface area contributed by atoms with E-state index in [1.165, 1.54) is 11.1 Å². The van der Waals surface area contributed by atoms with E-state index < -0.39 is 8.07 Å². The van der Waals surface area contributed by atoms with Crippen molar-refractivity contribution < 1.29 is 5.11 Å². The first kappa shape index (κ1) is 10.7. The quantitative estimate of drug-likeness (QED) is 0.688. The van der Waals surface area contributed by atoms with Gasteiger partial charge in [0.1, 0.15) is 0 Å². The van der Waals surface area contributed by atoms with Crippen molar-refractivity contribution >= 4 is 8.07 Å². The average molecular weight is 196 g/mol. The smallest absolute Gasteiger partial charge is 0.0729 e. The fourth-order valence-electron chi connectivity index (χ4n) is 1.75. The molecule has 1 unspecified atom stereocenters. The zero-order valence-corrected chi connectivity index (χ0v) is 9.93. The Labute approximate surface area is 82.2 Å². The average Bonchev–Trinajstić information content (AvgIpc) is 2.31. The standard InChI is InChI=1S/C11H20OSi/c1-9(8-13(2,3)4)10-5-6-11(12)7-10/h7,11-12H,1,5-6,8H2,2-4H3. The van der Waals surface area contributed by atoms with Gasteiger partial charge >= 0.3 is 0 Å². The molecule has 0 fully saturated rings. The second-order valence-electron chi connectivity index (χ2n) is 5.14. The summed E-state index contributed by atoms with van der Waals surface area (Å²) in [6.07, 6.45) is 3.67. The Kier molecular flexibility index (Phi) is 3.14. The second kappa shape index (κ2) is 3.80. The van der Waals surface area contributed by atoms with Crippen LogP contribution in [0.4, 0.5) is 0 Å². The van der Waals surface area contributed by atoms with E-state index in [9.17, 15) is 5.11 Å². The molecule has 0 bridgehead atoms. The van der Waals surface area contributed by atoms with Gasteiger partial charge in [-0.05, 0) is 24.5 Å². The van der Waals surface area contributed by atoms with E-state index in [2.05, 4.69) is 26.2 Å². The minimum absolute atomic E-state index is 0.214. The van der Waals surface area contributed by atoms with E-state index in [1.807, 2.05) is 6.08 Å². The van der Waals surface area contributed by atoms with E-state index in [0.717, 1.165) is 18.9 Å². The molecular formula is C11H20OSi. The van der Waals surface area contributed by atoms with E-state index in [1.54, 1.807) is 0 Å². The Hall–Kier alpha value is -0.343. The van der Waals surface area contributed by atoms with Crippen LogP contribution >= 0.6 is 0 Å². The number of rotatable bonds is 3. The Morgan fingerprint density at radius 2 is 2.23 bits per heavy atom. The molecule has 74 valence electrons. The molecule has 0 radical (unpaired) electrons. The Balaban J connectivity index is 2.54. The summed E-state index contributed by atoms with van der Waals surface area (Å²) in [7, 11) is -1.03. The van der Waals surface area contributed by atoms with Gasteiger partial charge in [-0.2, -0.15) is 0 Å². The molecule has 13 heavy (non-hydrogen) atoms. The highest BCUT2D eigenvalue weighted by Gasteiger charge is 2.20. The molecule has 2 heteroatoms. The molecule has 0 spiro atoms. The van der Waals surface area contributed by atoms with E-state index in [4.69, 9.17) is 0 Å². The lowest BCUT2D eigenvalue weighted by molar-refractivity contribution is 0.223. The molecule has 1 rings (SSSR count). The number of aliphatic hydroxyl groups is 1. The maximum Gasteiger partial charge on any atom is 0.0729 e. The van der Waals surface area contributed by atoms with Gasteiger partial charge in [-0.15, -0.1) is 0 Å². The van der Waals surface area contributed by atoms with Gasteiger partial charge in [-0.25, -0.2) is 0 Å². The maximum atomic E-state index is 9.34. The van der Waals surface area contributed by atoms with Crippen molar-refractivity contribution in [3.8, 4) is 0 Å². The summed E-state index contributed by atoms with van der Waals surface area (Å²) in [4.78, 5) is 0. The molecule has 0 amide bonds. The minimum atomic E-state index is -1.03. The Morgan fingerprint density at radius 1 is 1.62 bits per heavy atom. The van der Waals surface area contributed by atoms with Crippen LogP contribution in [0.2, 0.25) is 25.7 Å². The molecule has 0 aromatic rings. The molecule has 0 aromatic heterocycles. The lowest BCUT2D eigenvalue weighted by Crippen LogP contribution is -2.19. The van der Waals surface area contributed by atoms with Crippen LogP contribution in [-0.2, 0) is 0 Å². The van der Waals surface area contributed by atoms with Crippen molar-refractivity contribution in [2.75, 3.05) is 0 Å². The molecule has 0 saturated carbocycles. The van der Waals surface area contributed by atoms with Crippen LogP contribution in [0.15, 0.2) is 23.8 Å². The molecular weight excluding hydrogens is 176 g/mol. The summed E-state index contributed by atoms with van der Waals surface area (Å²) in [5, 5.41) is 9.34. The lowest BCUT2D eigenvalue weighted by atomic mass is 10.1. The Morgan fingerprint density at radius 3 is 2.62 bits per heavy atom. The number of allylic oxidation sites excluding steroid dienone is 2. The molecule has 0 saturated heterocycles. The van der Waals surface area contributed by atoms with Crippen molar-refractivity contribution in [3.05, 3.63) is 23.8 Å². The molecule has 1 N–H and O–H groups in total. The predicted molar refractivity (Wildman–Crippen MR) is 60.6 cm³/mol. The first-order valence-electron chi connectivity index (χ1n) is 4.95. The third-order valence-corrected chi connectivity index (χ3v) is 3.79. The normalized spacial score (nSPS) is 23.1. The third kappa shape index (κ3) is 3.49. The van der Waals surface area contributed by atoms with Crippen molar-refractivity contribution in [2.45, 2.75) is 44.6 Å². The lowest BCUT2D eigenvalue weighted by Gasteiger charge is -2.18. The monoisotopic (exact) mass is 196 g/mol. The first-order valence-corrected chi connectivity index (χ1v) is 8.66. The largest absolute Gasteiger partial charge is 0.389 e. The molecule has 1 aliphatic rings. The highest BCUT2D eigenvalue weighted by Crippen LogP contribution is 2.29. The van der Waals surface area contributed by atoms with Crippen LogP contribution in [0.5, 0.6) is 0 Å². The minimum Gasteiger partial charge on any atom is -0.389 e. The van der Waals surface area contributed by atoms with Crippen molar-refractivity contribution in [1.82, 2.24) is 0 Å². The van der Waals surface area contributed by atoms with Crippen LogP contribution in [0.3, 0.4) is 0 Å². The molecule has 0 aromatic carbocycles. The third-order valence-electron chi connectivity index (χ3n) is 2.30. The van der Waals surface area contributed by atoms with Gasteiger partial charge in [0, 0.05) is 8.07 Å². The van der Waals surface area contributed by atoms with Gasteiger partial charge in [0.2, 0.25) is 0 Å². The fraction of sp³-hybridized carbons (Fsp3) is 0.636. The van der Waals surface area contributed by atoms with E-state index >= 15 is 0 Å². The summed E-state index contributed by atoms with van der Waals surface area (Å²) in [5.41, 5.74) is 2.56. The number of hydrogen-bond acceptors (Lipinski definition) is 1. The van der Waals surface area contributed by atoms with Crippen molar-refractivity contribution in [1.29, 1.82) is 0 Å². The zero-order valence-electron chi connectivity index (χ0n) is 8.93. The van der Waals surface area contributed by atoms with Gasteiger partial charge in [0.25, 0.3) is 0 Å². The van der Waals surface area contributed by atoms with Crippen LogP contribution in [0.25, 0.3) is 0 Å². The molecule has 1 aliphatic carbocycles. The molecule has 1 atom stereocenters. The van der Waals surface area contributed by atoms with Crippen molar-refractivity contribution in [3.63, 3.8) is 0 Å². The summed E-state index contributed by atoms with van der Waals surface area (Å²) >= 11 is 0. The summed E-state index contributed by atoms with van der Waals surface area (Å²) in [6.45, 7) is 11.2.